The number of phenols is 1. The van der Waals surface area contributed by atoms with Crippen LogP contribution in [-0.2, 0) is 16.2 Å². The van der Waals surface area contributed by atoms with E-state index in [-0.39, 0.29) is 22.0 Å². The van der Waals surface area contributed by atoms with Crippen LogP contribution in [0.15, 0.2) is 206 Å². The Kier molecular flexibility index (Phi) is 12.3. The fourth-order valence-corrected chi connectivity index (χ4v) is 13.4. The molecule has 6 nitrogen and oxygen atoms in total. The van der Waals surface area contributed by atoms with Gasteiger partial charge in [0.2, 0.25) is 0 Å². The van der Waals surface area contributed by atoms with Gasteiger partial charge < -0.3 is 14.2 Å². The van der Waals surface area contributed by atoms with Crippen molar-refractivity contribution >= 4 is 67.9 Å². The maximum absolute atomic E-state index is 12.8. The van der Waals surface area contributed by atoms with Gasteiger partial charge in [0, 0.05) is 61.4 Å². The summed E-state index contributed by atoms with van der Waals surface area (Å²) in [6.45, 7) is 27.4. The number of hydrogen-bond acceptors (Lipinski definition) is 3. The molecule has 0 saturated carbocycles. The lowest BCUT2D eigenvalue weighted by atomic mass is 9.79. The van der Waals surface area contributed by atoms with Gasteiger partial charge in [-0.1, -0.05) is 215 Å². The second-order valence-electron chi connectivity index (χ2n) is 26.6. The average molecular weight is 1090 g/mol. The van der Waals surface area contributed by atoms with Crippen LogP contribution in [0.5, 0.6) is 5.75 Å². The predicted octanol–water partition coefficient (Wildman–Crippen LogP) is 19.4. The number of hydrogen-bond donors (Lipinski definition) is 1. The zero-order valence-electron chi connectivity index (χ0n) is 49.3. The van der Waals surface area contributed by atoms with Crippen molar-refractivity contribution in [2.45, 2.75) is 98.2 Å². The molecule has 1 N–H and O–H groups in total. The van der Waals surface area contributed by atoms with Crippen molar-refractivity contribution in [1.82, 2.24) is 23.7 Å². The monoisotopic (exact) mass is 1090 g/mol. The minimum Gasteiger partial charge on any atom is -0.507 e. The number of benzene rings is 9. The first kappa shape index (κ1) is 52.6. The molecule has 82 heavy (non-hydrogen) atoms. The lowest BCUT2D eigenvalue weighted by Crippen LogP contribution is -2.37. The number of rotatable bonds is 8. The summed E-state index contributed by atoms with van der Waals surface area (Å²) in [5.41, 5.74) is 19.0. The highest BCUT2D eigenvalue weighted by Crippen LogP contribution is 2.47. The molecule has 0 radical (unpaired) electrons. The average Bonchev–Trinajstić information content (AvgIpc) is 3.46. The Balaban J connectivity index is 1.05. The summed E-state index contributed by atoms with van der Waals surface area (Å²) in [6.07, 6.45) is 2.08. The quantitative estimate of drug-likeness (QED) is 0.154. The summed E-state index contributed by atoms with van der Waals surface area (Å²) in [6, 6.07) is 73.0. The van der Waals surface area contributed by atoms with Crippen LogP contribution < -0.4 is 5.19 Å². The van der Waals surface area contributed by atoms with Crippen LogP contribution in [0.25, 0.3) is 117 Å². The van der Waals surface area contributed by atoms with Gasteiger partial charge in [-0.05, 0) is 111 Å². The molecule has 0 atom stereocenters. The van der Waals surface area contributed by atoms with Gasteiger partial charge in [0.1, 0.15) is 11.6 Å². The van der Waals surface area contributed by atoms with Crippen molar-refractivity contribution < 1.29 is 5.11 Å². The summed E-state index contributed by atoms with van der Waals surface area (Å²) in [4.78, 5) is 11.2. The lowest BCUT2D eigenvalue weighted by molar-refractivity contribution is 0.446. The normalized spacial score (nSPS) is 12.7. The first-order valence-electron chi connectivity index (χ1n) is 28.9. The number of pyridine rings is 1. The predicted molar refractivity (Wildman–Crippen MR) is 350 cm³/mol. The molecule has 0 unspecified atom stereocenters. The summed E-state index contributed by atoms with van der Waals surface area (Å²) < 4.78 is 7.13. The van der Waals surface area contributed by atoms with Crippen LogP contribution in [0, 0.1) is 0 Å². The van der Waals surface area contributed by atoms with Crippen molar-refractivity contribution in [3.8, 4) is 67.7 Å². The van der Waals surface area contributed by atoms with Crippen LogP contribution in [0.3, 0.4) is 0 Å². The Morgan fingerprint density at radius 3 is 1.65 bits per heavy atom. The van der Waals surface area contributed by atoms with Gasteiger partial charge >= 0.3 is 0 Å². The molecule has 0 aliphatic carbocycles. The molecule has 7 heteroatoms. The number of fused-ring (bicyclic) bond motifs is 7. The van der Waals surface area contributed by atoms with Gasteiger partial charge in [-0.3, -0.25) is 9.55 Å². The van der Waals surface area contributed by atoms with Gasteiger partial charge in [-0.15, -0.1) is 0 Å². The number of phenolic OH excluding ortho intramolecular Hbond substituents is 1. The third kappa shape index (κ3) is 8.94. The highest BCUT2D eigenvalue weighted by Gasteiger charge is 2.31. The standard InChI is InChI=1S/C75H71N5OSi/c1-73(2,3)50-39-48(38-49(40-50)63-45-69-61(46-76-63)58-36-34-53(43-68(58)78(69)52-26-17-14-18-27-52)79-64-31-21-19-28-56(64)57-29-20-22-32-65(57)79)55-30-23-33-67-70(55)77-72(60-41-51(74(4,5)6)42-62(71(60)81)75(7,8)9)80(67)66-37-35-54(82(10,11)12)44-59(66)47-24-15-13-16-25-47/h13-46,81H,1-12H3. The van der Waals surface area contributed by atoms with Gasteiger partial charge in [-0.2, -0.15) is 0 Å². The Bertz CT molecular complexity index is 4610. The van der Waals surface area contributed by atoms with Crippen LogP contribution in [0.4, 0.5) is 0 Å². The van der Waals surface area contributed by atoms with Crippen molar-refractivity contribution in [3.05, 3.63) is 223 Å². The van der Waals surface area contributed by atoms with E-state index in [0.29, 0.717) is 11.4 Å². The summed E-state index contributed by atoms with van der Waals surface area (Å²) >= 11 is 0. The van der Waals surface area contributed by atoms with Crippen LogP contribution in [-0.4, -0.2) is 36.8 Å². The molecule has 0 aliphatic rings. The molecule has 13 aromatic rings. The van der Waals surface area contributed by atoms with Gasteiger partial charge in [0.25, 0.3) is 0 Å². The zero-order valence-corrected chi connectivity index (χ0v) is 50.3. The van der Waals surface area contributed by atoms with Crippen LogP contribution >= 0.6 is 0 Å². The number of para-hydroxylation sites is 4. The molecular weight excluding hydrogens is 1010 g/mol. The van der Waals surface area contributed by atoms with E-state index >= 15 is 0 Å². The maximum Gasteiger partial charge on any atom is 0.149 e. The van der Waals surface area contributed by atoms with E-state index in [1.807, 2.05) is 0 Å². The fraction of sp³-hybridized carbons (Fsp3) is 0.200. The molecule has 13 rings (SSSR count). The highest BCUT2D eigenvalue weighted by atomic mass is 28.3. The fourth-order valence-electron chi connectivity index (χ4n) is 12.2. The SMILES string of the molecule is CC(C)(C)c1cc(-c2cc3c(cn2)c2ccc(-n4c5ccccc5c5ccccc54)cc2n3-c2ccccc2)cc(-c2cccc3c2nc(-c2cc(C(C)(C)C)cc(C(C)(C)C)c2O)n3-c2ccc([Si](C)(C)C)cc2-c2ccccc2)c1. The third-order valence-corrected chi connectivity index (χ3v) is 18.8. The molecule has 0 saturated heterocycles. The molecule has 0 amide bonds. The Morgan fingerprint density at radius 2 is 0.988 bits per heavy atom. The topological polar surface area (TPSA) is 60.8 Å². The summed E-state index contributed by atoms with van der Waals surface area (Å²) in [5.74, 6) is 0.955. The smallest absolute Gasteiger partial charge is 0.149 e. The van der Waals surface area contributed by atoms with Crippen molar-refractivity contribution in [2.24, 2.45) is 0 Å². The molecule has 0 bridgehead atoms. The molecule has 0 aliphatic heterocycles. The maximum atomic E-state index is 12.8. The number of nitrogens with zero attached hydrogens (tertiary/aromatic N) is 5. The summed E-state index contributed by atoms with van der Waals surface area (Å²) in [5, 5.41) is 18.8. The molecule has 0 fully saturated rings. The van der Waals surface area contributed by atoms with Crippen molar-refractivity contribution in [2.75, 3.05) is 0 Å². The molecule has 4 aromatic heterocycles. The summed E-state index contributed by atoms with van der Waals surface area (Å²) in [7, 11) is -1.76. The molecule has 406 valence electrons. The minimum atomic E-state index is -1.76. The second kappa shape index (κ2) is 19.2. The number of aromatic nitrogens is 5. The Labute approximate surface area is 483 Å². The molecule has 0 spiro atoms. The van der Waals surface area contributed by atoms with E-state index < -0.39 is 8.07 Å². The third-order valence-electron chi connectivity index (χ3n) is 16.8. The minimum absolute atomic E-state index is 0.203. The molecule has 9 aromatic carbocycles. The van der Waals surface area contributed by atoms with Crippen molar-refractivity contribution in [1.29, 1.82) is 0 Å². The number of aromatic hydroxyl groups is 1. The Hall–Kier alpha value is -8.78. The van der Waals surface area contributed by atoms with Gasteiger partial charge in [0.05, 0.1) is 58.1 Å². The van der Waals surface area contributed by atoms with E-state index in [9.17, 15) is 5.11 Å². The van der Waals surface area contributed by atoms with E-state index in [1.54, 1.807) is 0 Å². The first-order valence-corrected chi connectivity index (χ1v) is 32.4. The van der Waals surface area contributed by atoms with Gasteiger partial charge in [-0.25, -0.2) is 4.98 Å². The van der Waals surface area contributed by atoms with Crippen molar-refractivity contribution in [3.63, 3.8) is 0 Å². The van der Waals surface area contributed by atoms with Crippen LogP contribution in [0.2, 0.25) is 19.6 Å². The largest absolute Gasteiger partial charge is 0.507 e. The number of imidazole rings is 1. The van der Waals surface area contributed by atoms with Gasteiger partial charge in [0.15, 0.2) is 0 Å². The zero-order chi connectivity index (χ0) is 57.2. The Morgan fingerprint density at radius 1 is 0.402 bits per heavy atom. The molecular formula is C75H71N5OSi. The van der Waals surface area contributed by atoms with E-state index in [0.717, 1.165) is 94.5 Å². The van der Waals surface area contributed by atoms with E-state index in [4.69, 9.17) is 9.97 Å². The molecule has 4 heterocycles. The van der Waals surface area contributed by atoms with Crippen LogP contribution in [0.1, 0.15) is 79.0 Å². The lowest BCUT2D eigenvalue weighted by Gasteiger charge is -2.28. The van der Waals surface area contributed by atoms with E-state index in [2.05, 4.69) is 302 Å². The second-order valence-corrected chi connectivity index (χ2v) is 31.7. The first-order chi connectivity index (χ1) is 39.1. The highest BCUT2D eigenvalue weighted by molar-refractivity contribution is 6.88. The van der Waals surface area contributed by atoms with E-state index in [1.165, 1.54) is 32.6 Å².